The van der Waals surface area contributed by atoms with Gasteiger partial charge < -0.3 is 4.90 Å². The molecule has 1 aromatic rings. The summed E-state index contributed by atoms with van der Waals surface area (Å²) in [5.74, 6) is -0.0271. The Morgan fingerprint density at radius 1 is 1.00 bits per heavy atom. The van der Waals surface area contributed by atoms with Gasteiger partial charge in [-0.15, -0.1) is 0 Å². The summed E-state index contributed by atoms with van der Waals surface area (Å²) in [6.45, 7) is 7.45. The minimum Gasteiger partial charge on any atom is -0.337 e. The van der Waals surface area contributed by atoms with Crippen LogP contribution in [0.1, 0.15) is 48.4 Å². The maximum atomic E-state index is 12.1. The van der Waals surface area contributed by atoms with Crippen molar-refractivity contribution >= 4 is 11.7 Å². The third kappa shape index (κ3) is 3.16. The van der Waals surface area contributed by atoms with Crippen LogP contribution < -0.4 is 0 Å². The van der Waals surface area contributed by atoms with Crippen molar-refractivity contribution in [2.75, 3.05) is 7.05 Å². The van der Waals surface area contributed by atoms with E-state index in [0.717, 1.165) is 0 Å². The first kappa shape index (κ1) is 13.4. The number of ketones is 1. The molecule has 1 amide bonds. The summed E-state index contributed by atoms with van der Waals surface area (Å²) in [4.78, 5) is 24.9. The van der Waals surface area contributed by atoms with Gasteiger partial charge in [-0.25, -0.2) is 0 Å². The van der Waals surface area contributed by atoms with E-state index in [9.17, 15) is 9.59 Å². The van der Waals surface area contributed by atoms with Crippen LogP contribution in [0.5, 0.6) is 0 Å². The molecule has 0 saturated heterocycles. The quantitative estimate of drug-likeness (QED) is 0.736. The number of amides is 1. The van der Waals surface area contributed by atoms with Crippen molar-refractivity contribution in [2.45, 2.75) is 33.2 Å². The Labute approximate surface area is 102 Å². The fraction of sp³-hybridized carbons (Fsp3) is 0.429. The summed E-state index contributed by atoms with van der Waals surface area (Å²) in [6.07, 6.45) is 0. The second kappa shape index (κ2) is 4.70. The molecule has 3 heteroatoms. The number of hydrogen-bond acceptors (Lipinski definition) is 2. The third-order valence-corrected chi connectivity index (χ3v) is 2.85. The molecule has 0 bridgehead atoms. The molecule has 1 aromatic carbocycles. The highest BCUT2D eigenvalue weighted by Crippen LogP contribution is 2.15. The maximum absolute atomic E-state index is 12.1. The fourth-order valence-corrected chi connectivity index (χ4v) is 1.35. The Kier molecular flexibility index (Phi) is 3.71. The lowest BCUT2D eigenvalue weighted by Gasteiger charge is -2.32. The molecule has 17 heavy (non-hydrogen) atoms. The summed E-state index contributed by atoms with van der Waals surface area (Å²) in [7, 11) is 1.78. The van der Waals surface area contributed by atoms with E-state index in [1.807, 2.05) is 20.8 Å². The first-order chi connectivity index (χ1) is 7.73. The molecule has 0 saturated carbocycles. The van der Waals surface area contributed by atoms with Crippen molar-refractivity contribution in [1.82, 2.24) is 4.90 Å². The van der Waals surface area contributed by atoms with E-state index < -0.39 is 0 Å². The van der Waals surface area contributed by atoms with E-state index in [2.05, 4.69) is 0 Å². The zero-order chi connectivity index (χ0) is 13.2. The lowest BCUT2D eigenvalue weighted by atomic mass is 10.0. The summed E-state index contributed by atoms with van der Waals surface area (Å²) >= 11 is 0. The Bertz CT molecular complexity index is 427. The molecular formula is C14H19NO2. The van der Waals surface area contributed by atoms with E-state index in [0.29, 0.717) is 11.1 Å². The van der Waals surface area contributed by atoms with Crippen molar-refractivity contribution < 1.29 is 9.59 Å². The molecule has 92 valence electrons. The van der Waals surface area contributed by atoms with Crippen LogP contribution >= 0.6 is 0 Å². The van der Waals surface area contributed by atoms with Crippen LogP contribution in [0.3, 0.4) is 0 Å². The minimum atomic E-state index is -0.212. The zero-order valence-electron chi connectivity index (χ0n) is 11.1. The summed E-state index contributed by atoms with van der Waals surface area (Å²) in [5.41, 5.74) is 1.02. The molecule has 1 rings (SSSR count). The first-order valence-corrected chi connectivity index (χ1v) is 5.62. The lowest BCUT2D eigenvalue weighted by Crippen LogP contribution is -2.42. The van der Waals surface area contributed by atoms with Gasteiger partial charge in [0.25, 0.3) is 5.91 Å². The van der Waals surface area contributed by atoms with E-state index in [-0.39, 0.29) is 17.2 Å². The van der Waals surface area contributed by atoms with Crippen LogP contribution in [0.2, 0.25) is 0 Å². The molecule has 0 unspecified atom stereocenters. The highest BCUT2D eigenvalue weighted by Gasteiger charge is 2.23. The number of hydrogen-bond donors (Lipinski definition) is 0. The van der Waals surface area contributed by atoms with Gasteiger partial charge in [-0.2, -0.15) is 0 Å². The van der Waals surface area contributed by atoms with Gasteiger partial charge in [0.2, 0.25) is 0 Å². The Morgan fingerprint density at radius 3 is 1.76 bits per heavy atom. The highest BCUT2D eigenvalue weighted by molar-refractivity contribution is 5.97. The van der Waals surface area contributed by atoms with E-state index in [1.54, 1.807) is 36.2 Å². The van der Waals surface area contributed by atoms with Gasteiger partial charge in [0.1, 0.15) is 0 Å². The Hall–Kier alpha value is -1.64. The zero-order valence-corrected chi connectivity index (χ0v) is 11.1. The predicted molar refractivity (Wildman–Crippen MR) is 68.3 cm³/mol. The van der Waals surface area contributed by atoms with Gasteiger partial charge >= 0.3 is 0 Å². The van der Waals surface area contributed by atoms with Gasteiger partial charge in [0.15, 0.2) is 5.78 Å². The topological polar surface area (TPSA) is 37.4 Å². The Balaban J connectivity index is 2.95. The maximum Gasteiger partial charge on any atom is 0.254 e. The smallest absolute Gasteiger partial charge is 0.254 e. The normalized spacial score (nSPS) is 11.1. The SMILES string of the molecule is CC(=O)c1ccc(C(=O)N(C)C(C)(C)C)cc1. The summed E-state index contributed by atoms with van der Waals surface area (Å²) in [5, 5.41) is 0. The van der Waals surface area contributed by atoms with Crippen molar-refractivity contribution in [3.8, 4) is 0 Å². The molecule has 3 nitrogen and oxygen atoms in total. The number of nitrogens with zero attached hydrogens (tertiary/aromatic N) is 1. The number of benzene rings is 1. The molecule has 0 aliphatic carbocycles. The van der Waals surface area contributed by atoms with Gasteiger partial charge in [-0.05, 0) is 39.8 Å². The first-order valence-electron chi connectivity index (χ1n) is 5.62. The molecule has 0 aliphatic heterocycles. The van der Waals surface area contributed by atoms with Crippen molar-refractivity contribution in [1.29, 1.82) is 0 Å². The second-order valence-electron chi connectivity index (χ2n) is 5.17. The largest absolute Gasteiger partial charge is 0.337 e. The number of Topliss-reactive ketones (excluding diaryl/α,β-unsaturated/α-hetero) is 1. The van der Waals surface area contributed by atoms with Crippen LogP contribution in [0.25, 0.3) is 0 Å². The van der Waals surface area contributed by atoms with Crippen LogP contribution in [-0.2, 0) is 0 Å². The average Bonchev–Trinajstić information content (AvgIpc) is 2.26. The van der Waals surface area contributed by atoms with E-state index in [1.165, 1.54) is 6.92 Å². The van der Waals surface area contributed by atoms with Gasteiger partial charge in [-0.3, -0.25) is 9.59 Å². The summed E-state index contributed by atoms with van der Waals surface area (Å²) in [6, 6.07) is 6.76. The molecule has 0 aliphatic rings. The van der Waals surface area contributed by atoms with E-state index >= 15 is 0 Å². The molecule has 0 radical (unpaired) electrons. The molecular weight excluding hydrogens is 214 g/mol. The van der Waals surface area contributed by atoms with E-state index in [4.69, 9.17) is 0 Å². The van der Waals surface area contributed by atoms with Crippen LogP contribution in [0.4, 0.5) is 0 Å². The molecule has 0 aromatic heterocycles. The molecule has 0 atom stereocenters. The summed E-state index contributed by atoms with van der Waals surface area (Å²) < 4.78 is 0. The van der Waals surface area contributed by atoms with Gasteiger partial charge in [-0.1, -0.05) is 12.1 Å². The van der Waals surface area contributed by atoms with Crippen LogP contribution in [0, 0.1) is 0 Å². The van der Waals surface area contributed by atoms with Gasteiger partial charge in [0, 0.05) is 23.7 Å². The Morgan fingerprint density at radius 2 is 1.41 bits per heavy atom. The van der Waals surface area contributed by atoms with Crippen molar-refractivity contribution in [3.05, 3.63) is 35.4 Å². The van der Waals surface area contributed by atoms with Crippen molar-refractivity contribution in [3.63, 3.8) is 0 Å². The van der Waals surface area contributed by atoms with Gasteiger partial charge in [0.05, 0.1) is 0 Å². The minimum absolute atomic E-state index is 0.00757. The van der Waals surface area contributed by atoms with Crippen LogP contribution in [-0.4, -0.2) is 29.2 Å². The third-order valence-electron chi connectivity index (χ3n) is 2.85. The highest BCUT2D eigenvalue weighted by atomic mass is 16.2. The average molecular weight is 233 g/mol. The monoisotopic (exact) mass is 233 g/mol. The number of carbonyl (C=O) groups excluding carboxylic acids is 2. The second-order valence-corrected chi connectivity index (χ2v) is 5.17. The standard InChI is InChI=1S/C14H19NO2/c1-10(16)11-6-8-12(9-7-11)13(17)15(5)14(2,3)4/h6-9H,1-5H3. The molecule has 0 heterocycles. The van der Waals surface area contributed by atoms with Crippen molar-refractivity contribution in [2.24, 2.45) is 0 Å². The number of carbonyl (C=O) groups is 2. The predicted octanol–water partition coefficient (Wildman–Crippen LogP) is 2.76. The molecule has 0 spiro atoms. The lowest BCUT2D eigenvalue weighted by molar-refractivity contribution is 0.0655. The van der Waals surface area contributed by atoms with Crippen LogP contribution in [0.15, 0.2) is 24.3 Å². The molecule has 0 fully saturated rings. The molecule has 0 N–H and O–H groups in total. The fourth-order valence-electron chi connectivity index (χ4n) is 1.35. The number of rotatable bonds is 2.